The molecule has 0 aromatic heterocycles. The van der Waals surface area contributed by atoms with Crippen LogP contribution in [0.5, 0.6) is 5.75 Å². The Bertz CT molecular complexity index is 653. The van der Waals surface area contributed by atoms with Gasteiger partial charge in [0.2, 0.25) is 5.91 Å². The summed E-state index contributed by atoms with van der Waals surface area (Å²) in [6.45, 7) is 3.86. The van der Waals surface area contributed by atoms with E-state index in [0.717, 1.165) is 5.56 Å². The van der Waals surface area contributed by atoms with Crippen LogP contribution in [0.2, 0.25) is 5.02 Å². The zero-order chi connectivity index (χ0) is 16.2. The SMILES string of the molecule is COc1ccc(NC(=O)C(C)(C)Cc2ccccc2)cc1Cl. The molecule has 22 heavy (non-hydrogen) atoms. The third-order valence-corrected chi connectivity index (χ3v) is 3.81. The summed E-state index contributed by atoms with van der Waals surface area (Å²) in [5.74, 6) is 0.542. The van der Waals surface area contributed by atoms with E-state index in [-0.39, 0.29) is 5.91 Å². The fourth-order valence-corrected chi connectivity index (χ4v) is 2.49. The molecular weight excluding hydrogens is 298 g/mol. The molecule has 3 nitrogen and oxygen atoms in total. The molecule has 0 atom stereocenters. The standard InChI is InChI=1S/C18H20ClNO2/c1-18(2,12-13-7-5-4-6-8-13)17(21)20-14-9-10-16(22-3)15(19)11-14/h4-11H,12H2,1-3H3,(H,20,21). The Labute approximate surface area is 136 Å². The van der Waals surface area contributed by atoms with Crippen molar-refractivity contribution in [3.05, 3.63) is 59.1 Å². The van der Waals surface area contributed by atoms with Crippen LogP contribution in [-0.4, -0.2) is 13.0 Å². The van der Waals surface area contributed by atoms with Crippen LogP contribution in [0.1, 0.15) is 19.4 Å². The van der Waals surface area contributed by atoms with E-state index in [2.05, 4.69) is 5.32 Å². The molecule has 0 bridgehead atoms. The van der Waals surface area contributed by atoms with Crippen molar-refractivity contribution < 1.29 is 9.53 Å². The highest BCUT2D eigenvalue weighted by molar-refractivity contribution is 6.32. The fraction of sp³-hybridized carbons (Fsp3) is 0.278. The first-order valence-corrected chi connectivity index (χ1v) is 7.49. The lowest BCUT2D eigenvalue weighted by Gasteiger charge is -2.24. The van der Waals surface area contributed by atoms with Gasteiger partial charge in [-0.05, 0) is 30.2 Å². The molecule has 0 radical (unpaired) electrons. The van der Waals surface area contributed by atoms with E-state index in [4.69, 9.17) is 16.3 Å². The lowest BCUT2D eigenvalue weighted by molar-refractivity contribution is -0.123. The first kappa shape index (κ1) is 16.4. The average Bonchev–Trinajstić information content (AvgIpc) is 2.48. The summed E-state index contributed by atoms with van der Waals surface area (Å²) in [7, 11) is 1.56. The molecule has 0 saturated heterocycles. The van der Waals surface area contributed by atoms with Gasteiger partial charge in [0.05, 0.1) is 12.1 Å². The van der Waals surface area contributed by atoms with E-state index >= 15 is 0 Å². The van der Waals surface area contributed by atoms with Gasteiger partial charge in [0.15, 0.2) is 0 Å². The number of rotatable bonds is 5. The Morgan fingerprint density at radius 2 is 1.86 bits per heavy atom. The van der Waals surface area contributed by atoms with Crippen LogP contribution < -0.4 is 10.1 Å². The number of carbonyl (C=O) groups is 1. The predicted molar refractivity (Wildman–Crippen MR) is 90.6 cm³/mol. The van der Waals surface area contributed by atoms with Gasteiger partial charge in [-0.1, -0.05) is 55.8 Å². The molecule has 2 aromatic carbocycles. The summed E-state index contributed by atoms with van der Waals surface area (Å²) in [6.07, 6.45) is 0.670. The first-order valence-electron chi connectivity index (χ1n) is 7.11. The van der Waals surface area contributed by atoms with Gasteiger partial charge in [0.25, 0.3) is 0 Å². The smallest absolute Gasteiger partial charge is 0.230 e. The topological polar surface area (TPSA) is 38.3 Å². The summed E-state index contributed by atoms with van der Waals surface area (Å²) >= 11 is 6.08. The zero-order valence-corrected chi connectivity index (χ0v) is 13.8. The van der Waals surface area contributed by atoms with Crippen LogP contribution in [0.15, 0.2) is 48.5 Å². The van der Waals surface area contributed by atoms with E-state index in [9.17, 15) is 4.79 Å². The van der Waals surface area contributed by atoms with E-state index in [1.54, 1.807) is 25.3 Å². The summed E-state index contributed by atoms with van der Waals surface area (Å²) in [5.41, 5.74) is 1.28. The third kappa shape index (κ3) is 4.01. The van der Waals surface area contributed by atoms with Crippen molar-refractivity contribution in [1.29, 1.82) is 0 Å². The molecular formula is C18H20ClNO2. The van der Waals surface area contributed by atoms with Gasteiger partial charge in [-0.3, -0.25) is 4.79 Å². The largest absolute Gasteiger partial charge is 0.495 e. The molecule has 0 aliphatic carbocycles. The van der Waals surface area contributed by atoms with Crippen molar-refractivity contribution in [2.24, 2.45) is 5.41 Å². The van der Waals surface area contributed by atoms with Crippen molar-refractivity contribution >= 4 is 23.2 Å². The van der Waals surface area contributed by atoms with E-state index in [1.807, 2.05) is 44.2 Å². The number of halogens is 1. The molecule has 4 heteroatoms. The minimum absolute atomic E-state index is 0.0439. The lowest BCUT2D eigenvalue weighted by atomic mass is 9.84. The molecule has 116 valence electrons. The molecule has 0 spiro atoms. The number of nitrogens with one attached hydrogen (secondary N) is 1. The molecule has 0 aliphatic heterocycles. The molecule has 2 rings (SSSR count). The minimum atomic E-state index is -0.520. The van der Waals surface area contributed by atoms with Gasteiger partial charge in [-0.15, -0.1) is 0 Å². The van der Waals surface area contributed by atoms with Crippen LogP contribution in [0.25, 0.3) is 0 Å². The minimum Gasteiger partial charge on any atom is -0.495 e. The Morgan fingerprint density at radius 1 is 1.18 bits per heavy atom. The highest BCUT2D eigenvalue weighted by atomic mass is 35.5. The second-order valence-corrected chi connectivity index (χ2v) is 6.26. The summed E-state index contributed by atoms with van der Waals surface area (Å²) in [4.78, 5) is 12.5. The Hall–Kier alpha value is -2.00. The van der Waals surface area contributed by atoms with Crippen LogP contribution in [0.4, 0.5) is 5.69 Å². The van der Waals surface area contributed by atoms with Gasteiger partial charge in [-0.2, -0.15) is 0 Å². The van der Waals surface area contributed by atoms with Crippen LogP contribution >= 0.6 is 11.6 Å². The Balaban J connectivity index is 2.08. The van der Waals surface area contributed by atoms with Crippen molar-refractivity contribution in [1.82, 2.24) is 0 Å². The maximum Gasteiger partial charge on any atom is 0.230 e. The zero-order valence-electron chi connectivity index (χ0n) is 13.0. The Morgan fingerprint density at radius 3 is 2.45 bits per heavy atom. The van der Waals surface area contributed by atoms with Crippen LogP contribution in [0, 0.1) is 5.41 Å². The maximum absolute atomic E-state index is 12.5. The fourth-order valence-electron chi connectivity index (χ4n) is 2.23. The number of hydrogen-bond donors (Lipinski definition) is 1. The lowest BCUT2D eigenvalue weighted by Crippen LogP contribution is -2.32. The van der Waals surface area contributed by atoms with Crippen molar-refractivity contribution in [2.75, 3.05) is 12.4 Å². The summed E-state index contributed by atoms with van der Waals surface area (Å²) in [6, 6.07) is 15.2. The van der Waals surface area contributed by atoms with Crippen LogP contribution in [0.3, 0.4) is 0 Å². The number of anilines is 1. The van der Waals surface area contributed by atoms with Crippen molar-refractivity contribution in [3.8, 4) is 5.75 Å². The monoisotopic (exact) mass is 317 g/mol. The van der Waals surface area contributed by atoms with Gasteiger partial charge >= 0.3 is 0 Å². The molecule has 0 fully saturated rings. The van der Waals surface area contributed by atoms with Crippen molar-refractivity contribution in [2.45, 2.75) is 20.3 Å². The number of methoxy groups -OCH3 is 1. The predicted octanol–water partition coefficient (Wildman–Crippen LogP) is 4.56. The molecule has 0 unspecified atom stereocenters. The molecule has 0 aliphatic rings. The normalized spacial score (nSPS) is 11.1. The summed E-state index contributed by atoms with van der Waals surface area (Å²) in [5, 5.41) is 3.39. The van der Waals surface area contributed by atoms with Crippen molar-refractivity contribution in [3.63, 3.8) is 0 Å². The number of carbonyl (C=O) groups excluding carboxylic acids is 1. The van der Waals surface area contributed by atoms with Gasteiger partial charge < -0.3 is 10.1 Å². The maximum atomic E-state index is 12.5. The number of hydrogen-bond acceptors (Lipinski definition) is 2. The quantitative estimate of drug-likeness (QED) is 0.878. The van der Waals surface area contributed by atoms with Gasteiger partial charge in [0.1, 0.15) is 5.75 Å². The number of ether oxygens (including phenoxy) is 1. The second-order valence-electron chi connectivity index (χ2n) is 5.85. The van der Waals surface area contributed by atoms with Gasteiger partial charge in [-0.25, -0.2) is 0 Å². The number of benzene rings is 2. The van der Waals surface area contributed by atoms with E-state index in [0.29, 0.717) is 22.9 Å². The molecule has 2 aromatic rings. The van der Waals surface area contributed by atoms with Gasteiger partial charge in [0, 0.05) is 11.1 Å². The van der Waals surface area contributed by atoms with E-state index in [1.165, 1.54) is 0 Å². The molecule has 0 heterocycles. The third-order valence-electron chi connectivity index (χ3n) is 3.51. The molecule has 1 amide bonds. The van der Waals surface area contributed by atoms with Crippen LogP contribution in [-0.2, 0) is 11.2 Å². The molecule has 1 N–H and O–H groups in total. The number of amides is 1. The highest BCUT2D eigenvalue weighted by Gasteiger charge is 2.28. The Kier molecular flexibility index (Phi) is 5.09. The average molecular weight is 318 g/mol. The highest BCUT2D eigenvalue weighted by Crippen LogP contribution is 2.29. The second kappa shape index (κ2) is 6.84. The molecule has 0 saturated carbocycles. The first-order chi connectivity index (χ1) is 10.4. The van der Waals surface area contributed by atoms with E-state index < -0.39 is 5.41 Å². The summed E-state index contributed by atoms with van der Waals surface area (Å²) < 4.78 is 5.11.